The van der Waals surface area contributed by atoms with Crippen molar-refractivity contribution in [2.75, 3.05) is 7.05 Å². The van der Waals surface area contributed by atoms with E-state index in [9.17, 15) is 0 Å². The summed E-state index contributed by atoms with van der Waals surface area (Å²) < 4.78 is 8.70. The zero-order valence-electron chi connectivity index (χ0n) is 5.27. The van der Waals surface area contributed by atoms with Crippen LogP contribution in [0.15, 0.2) is 0 Å². The normalized spacial score (nSPS) is 11.2. The van der Waals surface area contributed by atoms with E-state index in [1.54, 1.807) is 14.0 Å². The van der Waals surface area contributed by atoms with Gasteiger partial charge >= 0.3 is 8.25 Å². The van der Waals surface area contributed by atoms with E-state index in [2.05, 4.69) is 5.32 Å². The molecule has 0 rings (SSSR count). The maximum absolute atomic E-state index is 8.70. The van der Waals surface area contributed by atoms with Crippen molar-refractivity contribution < 1.29 is 19.5 Å². The number of hydrogen-bond donors (Lipinski definition) is 4. The maximum Gasteiger partial charge on any atom is 0.692 e. The zero-order chi connectivity index (χ0) is 7.86. The summed E-state index contributed by atoms with van der Waals surface area (Å²) in [6, 6.07) is 0. The van der Waals surface area contributed by atoms with Crippen molar-refractivity contribution in [3.05, 3.63) is 0 Å². The molecule has 6 heteroatoms. The van der Waals surface area contributed by atoms with Gasteiger partial charge in [-0.15, -0.1) is 9.79 Å². The highest BCUT2D eigenvalue weighted by atomic mass is 31.1. The lowest BCUT2D eigenvalue weighted by Crippen LogP contribution is -2.19. The highest BCUT2D eigenvalue weighted by Crippen LogP contribution is 1.98. The minimum Gasteiger partial charge on any atom is -0.379 e. The molecule has 0 aromatic carbocycles. The van der Waals surface area contributed by atoms with E-state index in [0.29, 0.717) is 0 Å². The average Bonchev–Trinajstić information content (AvgIpc) is 1.65. The molecule has 1 atom stereocenters. The fourth-order valence-electron chi connectivity index (χ4n) is 0. The Morgan fingerprint density at radius 3 is 1.67 bits per heavy atom. The highest BCUT2D eigenvalue weighted by molar-refractivity contribution is 7.30. The summed E-state index contributed by atoms with van der Waals surface area (Å²) in [6.07, 6.45) is -0.366. The van der Waals surface area contributed by atoms with E-state index in [1.807, 2.05) is 0 Å². The van der Waals surface area contributed by atoms with Crippen molar-refractivity contribution >= 4 is 8.25 Å². The quantitative estimate of drug-likeness (QED) is 0.294. The summed E-state index contributed by atoms with van der Waals surface area (Å²) >= 11 is 0. The van der Waals surface area contributed by atoms with Gasteiger partial charge in [0.2, 0.25) is 0 Å². The number of aliphatic hydroxyl groups excluding tert-OH is 1. The van der Waals surface area contributed by atoms with E-state index in [0.717, 1.165) is 0 Å². The minimum absolute atomic E-state index is 0.366. The second-order valence-corrected chi connectivity index (χ2v) is 1.72. The van der Waals surface area contributed by atoms with Gasteiger partial charge in [-0.2, -0.15) is 0 Å². The second kappa shape index (κ2) is 7.94. The van der Waals surface area contributed by atoms with Gasteiger partial charge in [0.15, 0.2) is 0 Å². The maximum atomic E-state index is 8.70. The van der Waals surface area contributed by atoms with Crippen LogP contribution in [0.5, 0.6) is 0 Å². The lowest BCUT2D eigenvalue weighted by atomic mass is 10.7. The molecule has 0 aromatic heterocycles. The molecule has 0 aromatic rings. The van der Waals surface area contributed by atoms with Gasteiger partial charge in [0.1, 0.15) is 6.23 Å². The van der Waals surface area contributed by atoms with Gasteiger partial charge in [0.25, 0.3) is 0 Å². The van der Waals surface area contributed by atoms with Crippen LogP contribution in [0.25, 0.3) is 0 Å². The van der Waals surface area contributed by atoms with Gasteiger partial charge < -0.3 is 5.11 Å². The monoisotopic (exact) mass is 156 g/mol. The molecule has 0 bridgehead atoms. The molecule has 56 valence electrons. The Hall–Kier alpha value is -0.0600. The Bertz CT molecular complexity index is 72.2. The van der Waals surface area contributed by atoms with Gasteiger partial charge in [0.05, 0.1) is 0 Å². The zero-order valence-corrected chi connectivity index (χ0v) is 6.17. The molecule has 0 saturated carbocycles. The third-order valence-corrected chi connectivity index (χ3v) is 0.418. The molecule has 0 spiro atoms. The standard InChI is InChI=1S/C3H9NO.HO3P/c1-3(5)4-2;1-4(2)3/h3-5H,1-2H3;(H-,1,2,3)/p+1. The van der Waals surface area contributed by atoms with E-state index in [4.69, 9.17) is 19.5 Å². The SMILES string of the molecule is CNC(C)O.O=[P+](O)O. The van der Waals surface area contributed by atoms with Gasteiger partial charge in [-0.3, -0.25) is 5.32 Å². The van der Waals surface area contributed by atoms with Crippen LogP contribution in [0.2, 0.25) is 0 Å². The average molecular weight is 156 g/mol. The summed E-state index contributed by atoms with van der Waals surface area (Å²) in [7, 11) is -1.17. The van der Waals surface area contributed by atoms with Crippen molar-refractivity contribution in [3.8, 4) is 0 Å². The van der Waals surface area contributed by atoms with Crippen LogP contribution in [-0.2, 0) is 4.57 Å². The fraction of sp³-hybridized carbons (Fsp3) is 1.00. The Labute approximate surface area is 54.3 Å². The molecular formula is C3H11NO4P+. The van der Waals surface area contributed by atoms with Gasteiger partial charge in [-0.1, -0.05) is 0 Å². The molecule has 9 heavy (non-hydrogen) atoms. The molecule has 0 aliphatic rings. The van der Waals surface area contributed by atoms with Crippen molar-refractivity contribution in [2.24, 2.45) is 0 Å². The van der Waals surface area contributed by atoms with Gasteiger partial charge in [-0.05, 0) is 14.0 Å². The molecule has 0 amide bonds. The van der Waals surface area contributed by atoms with Crippen LogP contribution in [0.4, 0.5) is 0 Å². The predicted molar refractivity (Wildman–Crippen MR) is 32.8 cm³/mol. The van der Waals surface area contributed by atoms with Crippen molar-refractivity contribution in [1.29, 1.82) is 0 Å². The molecular weight excluding hydrogens is 145 g/mol. The van der Waals surface area contributed by atoms with Gasteiger partial charge in [0, 0.05) is 4.57 Å². The molecule has 0 aliphatic carbocycles. The number of hydrogen-bond acceptors (Lipinski definition) is 3. The topological polar surface area (TPSA) is 89.8 Å². The van der Waals surface area contributed by atoms with Crippen molar-refractivity contribution in [1.82, 2.24) is 5.32 Å². The molecule has 5 nitrogen and oxygen atoms in total. The second-order valence-electron chi connectivity index (χ2n) is 1.22. The fourth-order valence-corrected chi connectivity index (χ4v) is 0. The smallest absolute Gasteiger partial charge is 0.379 e. The third-order valence-electron chi connectivity index (χ3n) is 0.418. The summed E-state index contributed by atoms with van der Waals surface area (Å²) in [5.41, 5.74) is 0. The molecule has 1 unspecified atom stereocenters. The van der Waals surface area contributed by atoms with Crippen molar-refractivity contribution in [2.45, 2.75) is 13.2 Å². The number of nitrogens with one attached hydrogen (secondary N) is 1. The first-order valence-electron chi connectivity index (χ1n) is 2.21. The Morgan fingerprint density at radius 2 is 1.67 bits per heavy atom. The summed E-state index contributed by atoms with van der Waals surface area (Å²) in [5.74, 6) is 0. The van der Waals surface area contributed by atoms with Crippen LogP contribution in [0.3, 0.4) is 0 Å². The first kappa shape index (κ1) is 11.7. The molecule has 0 aliphatic heterocycles. The van der Waals surface area contributed by atoms with Crippen LogP contribution in [0.1, 0.15) is 6.92 Å². The van der Waals surface area contributed by atoms with Crippen LogP contribution < -0.4 is 5.32 Å². The van der Waals surface area contributed by atoms with E-state index in [-0.39, 0.29) is 6.23 Å². The third kappa shape index (κ3) is 74.4. The Balaban J connectivity index is 0. The molecule has 0 fully saturated rings. The largest absolute Gasteiger partial charge is 0.692 e. The number of rotatable bonds is 1. The lowest BCUT2D eigenvalue weighted by Gasteiger charge is -1.94. The molecule has 0 heterocycles. The molecule has 0 saturated heterocycles. The summed E-state index contributed by atoms with van der Waals surface area (Å²) in [5, 5.41) is 10.8. The van der Waals surface area contributed by atoms with Crippen LogP contribution in [0, 0.1) is 0 Å². The Morgan fingerprint density at radius 1 is 1.56 bits per heavy atom. The Kier molecular flexibility index (Phi) is 10.3. The summed E-state index contributed by atoms with van der Waals surface area (Å²) in [6.45, 7) is 1.67. The van der Waals surface area contributed by atoms with E-state index in [1.165, 1.54) is 0 Å². The lowest BCUT2D eigenvalue weighted by molar-refractivity contribution is 0.167. The summed E-state index contributed by atoms with van der Waals surface area (Å²) in [4.78, 5) is 14.2. The van der Waals surface area contributed by atoms with E-state index < -0.39 is 8.25 Å². The minimum atomic E-state index is -2.87. The predicted octanol–water partition coefficient (Wildman–Crippen LogP) is -0.828. The van der Waals surface area contributed by atoms with E-state index >= 15 is 0 Å². The first-order chi connectivity index (χ1) is 4.00. The highest BCUT2D eigenvalue weighted by Gasteiger charge is 1.93. The van der Waals surface area contributed by atoms with Crippen LogP contribution in [-0.4, -0.2) is 28.2 Å². The number of aliphatic hydroxyl groups is 1. The van der Waals surface area contributed by atoms with Gasteiger partial charge in [-0.25, -0.2) is 0 Å². The molecule has 0 radical (unpaired) electrons. The first-order valence-corrected chi connectivity index (χ1v) is 3.37. The van der Waals surface area contributed by atoms with Crippen molar-refractivity contribution in [3.63, 3.8) is 0 Å². The molecule has 4 N–H and O–H groups in total. The van der Waals surface area contributed by atoms with Crippen LogP contribution >= 0.6 is 8.25 Å².